The first-order valence-electron chi connectivity index (χ1n) is 10.9. The molecule has 152 valence electrons. The smallest absolute Gasteiger partial charge is 0.0850 e. The average Bonchev–Trinajstić information content (AvgIpc) is 3.54. The highest BCUT2D eigenvalue weighted by Crippen LogP contribution is 2.48. The maximum Gasteiger partial charge on any atom is 0.0850 e. The van der Waals surface area contributed by atoms with Crippen molar-refractivity contribution in [1.29, 1.82) is 0 Å². The third kappa shape index (κ3) is 3.99. The largest absolute Gasteiger partial charge is 0.373 e. The van der Waals surface area contributed by atoms with Gasteiger partial charge in [-0.3, -0.25) is 0 Å². The van der Waals surface area contributed by atoms with Crippen LogP contribution in [-0.4, -0.2) is 50.8 Å². The van der Waals surface area contributed by atoms with Gasteiger partial charge in [0.2, 0.25) is 0 Å². The molecule has 0 aliphatic carbocycles. The third-order valence-electron chi connectivity index (χ3n) is 6.76. The third-order valence-corrected chi connectivity index (χ3v) is 6.76. The van der Waals surface area contributed by atoms with Crippen LogP contribution in [0.5, 0.6) is 0 Å². The molecule has 4 fully saturated rings. The molecule has 0 spiro atoms. The van der Waals surface area contributed by atoms with Crippen molar-refractivity contribution >= 4 is 0 Å². The molecule has 2 aromatic rings. The van der Waals surface area contributed by atoms with Crippen molar-refractivity contribution < 1.29 is 18.9 Å². The van der Waals surface area contributed by atoms with Crippen LogP contribution in [0.3, 0.4) is 0 Å². The number of hydrogen-bond donors (Lipinski definition) is 0. The van der Waals surface area contributed by atoms with Gasteiger partial charge in [-0.2, -0.15) is 0 Å². The molecular formula is C25H28O4. The zero-order chi connectivity index (χ0) is 19.3. The molecule has 0 radical (unpaired) electrons. The van der Waals surface area contributed by atoms with Crippen LogP contribution in [0.25, 0.3) is 0 Å². The van der Waals surface area contributed by atoms with Crippen LogP contribution in [0.1, 0.15) is 35.1 Å². The predicted molar refractivity (Wildman–Crippen MR) is 109 cm³/mol. The fourth-order valence-corrected chi connectivity index (χ4v) is 4.96. The van der Waals surface area contributed by atoms with Gasteiger partial charge >= 0.3 is 0 Å². The predicted octanol–water partition coefficient (Wildman–Crippen LogP) is 3.43. The fourth-order valence-electron chi connectivity index (χ4n) is 4.96. The zero-order valence-corrected chi connectivity index (χ0v) is 16.7. The SMILES string of the molecule is c1ccc(C(CC2CO2)(CC2CO2)c2cccc(CC3CO3)c2CC2CO2)cc1. The van der Waals surface area contributed by atoms with E-state index in [1.807, 2.05) is 0 Å². The summed E-state index contributed by atoms with van der Waals surface area (Å²) in [4.78, 5) is 0. The standard InChI is InChI=1S/C25H28O4/c1-2-6-18(7-3-1)25(11-21-15-28-21,12-22-16-29-22)24-8-4-5-17(9-19-13-26-19)23(24)10-20-14-27-20/h1-8,19-22H,9-16H2. The van der Waals surface area contributed by atoms with E-state index in [9.17, 15) is 0 Å². The Hall–Kier alpha value is -1.72. The highest BCUT2D eigenvalue weighted by molar-refractivity contribution is 5.48. The first kappa shape index (κ1) is 18.1. The summed E-state index contributed by atoms with van der Waals surface area (Å²) in [5.74, 6) is 0. The molecule has 4 saturated heterocycles. The van der Waals surface area contributed by atoms with Crippen LogP contribution in [0.15, 0.2) is 48.5 Å². The molecule has 4 heteroatoms. The zero-order valence-electron chi connectivity index (χ0n) is 16.7. The summed E-state index contributed by atoms with van der Waals surface area (Å²) >= 11 is 0. The van der Waals surface area contributed by atoms with Crippen LogP contribution in [0, 0.1) is 0 Å². The van der Waals surface area contributed by atoms with Gasteiger partial charge in [0.25, 0.3) is 0 Å². The van der Waals surface area contributed by atoms with Gasteiger partial charge in [-0.05, 0) is 35.1 Å². The Morgan fingerprint density at radius 3 is 1.83 bits per heavy atom. The minimum Gasteiger partial charge on any atom is -0.373 e. The van der Waals surface area contributed by atoms with E-state index < -0.39 is 0 Å². The molecule has 0 amide bonds. The number of hydrogen-bond acceptors (Lipinski definition) is 4. The second-order valence-corrected chi connectivity index (χ2v) is 9.03. The highest BCUT2D eigenvalue weighted by Gasteiger charge is 2.46. The quantitative estimate of drug-likeness (QED) is 0.581. The Morgan fingerprint density at radius 2 is 1.24 bits per heavy atom. The Balaban J connectivity index is 1.49. The van der Waals surface area contributed by atoms with E-state index in [2.05, 4.69) is 48.5 Å². The molecule has 29 heavy (non-hydrogen) atoms. The van der Waals surface area contributed by atoms with Crippen molar-refractivity contribution in [3.05, 3.63) is 70.8 Å². The van der Waals surface area contributed by atoms with Crippen molar-refractivity contribution in [3.63, 3.8) is 0 Å². The number of ether oxygens (including phenoxy) is 4. The molecule has 0 aromatic heterocycles. The van der Waals surface area contributed by atoms with Crippen molar-refractivity contribution in [2.24, 2.45) is 0 Å². The lowest BCUT2D eigenvalue weighted by molar-refractivity contribution is 0.298. The second kappa shape index (κ2) is 7.21. The van der Waals surface area contributed by atoms with Gasteiger partial charge in [-0.15, -0.1) is 0 Å². The summed E-state index contributed by atoms with van der Waals surface area (Å²) in [6, 6.07) is 17.9. The van der Waals surface area contributed by atoms with Gasteiger partial charge in [0, 0.05) is 18.3 Å². The lowest BCUT2D eigenvalue weighted by Gasteiger charge is -2.37. The minimum atomic E-state index is -0.0891. The van der Waals surface area contributed by atoms with Gasteiger partial charge in [-0.25, -0.2) is 0 Å². The van der Waals surface area contributed by atoms with E-state index in [4.69, 9.17) is 18.9 Å². The fraction of sp³-hybridized carbons (Fsp3) is 0.520. The van der Waals surface area contributed by atoms with Crippen LogP contribution in [0.2, 0.25) is 0 Å². The monoisotopic (exact) mass is 392 g/mol. The summed E-state index contributed by atoms with van der Waals surface area (Å²) in [6.07, 6.45) is 5.44. The molecule has 4 aliphatic heterocycles. The van der Waals surface area contributed by atoms with Gasteiger partial charge in [0.05, 0.1) is 50.8 Å². The summed E-state index contributed by atoms with van der Waals surface area (Å²) in [6.45, 7) is 3.51. The van der Waals surface area contributed by atoms with Crippen LogP contribution in [-0.2, 0) is 37.2 Å². The Kier molecular flexibility index (Phi) is 4.49. The van der Waals surface area contributed by atoms with Gasteiger partial charge in [0.15, 0.2) is 0 Å². The maximum absolute atomic E-state index is 5.76. The Morgan fingerprint density at radius 1 is 0.655 bits per heavy atom. The van der Waals surface area contributed by atoms with Crippen LogP contribution < -0.4 is 0 Å². The molecule has 4 unspecified atom stereocenters. The van der Waals surface area contributed by atoms with E-state index in [1.165, 1.54) is 22.3 Å². The summed E-state index contributed by atoms with van der Waals surface area (Å²) in [7, 11) is 0. The number of epoxide rings is 4. The first-order chi connectivity index (χ1) is 14.3. The van der Waals surface area contributed by atoms with Crippen molar-refractivity contribution in [2.45, 2.75) is 55.5 Å². The van der Waals surface area contributed by atoms with E-state index >= 15 is 0 Å². The molecule has 2 aromatic carbocycles. The topological polar surface area (TPSA) is 50.1 Å². The molecule has 4 nitrogen and oxygen atoms in total. The summed E-state index contributed by atoms with van der Waals surface area (Å²) < 4.78 is 22.8. The number of benzene rings is 2. The number of rotatable bonds is 10. The van der Waals surface area contributed by atoms with E-state index in [0.717, 1.165) is 52.1 Å². The lowest BCUT2D eigenvalue weighted by atomic mass is 9.66. The molecule has 4 aliphatic rings. The highest BCUT2D eigenvalue weighted by atomic mass is 16.6. The van der Waals surface area contributed by atoms with E-state index in [0.29, 0.717) is 24.4 Å². The molecule has 6 rings (SSSR count). The second-order valence-electron chi connectivity index (χ2n) is 9.03. The maximum atomic E-state index is 5.76. The van der Waals surface area contributed by atoms with Crippen LogP contribution in [0.4, 0.5) is 0 Å². The van der Waals surface area contributed by atoms with Gasteiger partial charge in [0.1, 0.15) is 0 Å². The molecule has 0 N–H and O–H groups in total. The van der Waals surface area contributed by atoms with Crippen LogP contribution >= 0.6 is 0 Å². The van der Waals surface area contributed by atoms with Crippen molar-refractivity contribution in [2.75, 3.05) is 26.4 Å². The summed E-state index contributed by atoms with van der Waals surface area (Å²) in [5.41, 5.74) is 5.63. The normalized spacial score (nSPS) is 31.2. The first-order valence-corrected chi connectivity index (χ1v) is 10.9. The average molecular weight is 392 g/mol. The van der Waals surface area contributed by atoms with Gasteiger partial charge in [-0.1, -0.05) is 48.5 Å². The van der Waals surface area contributed by atoms with Gasteiger partial charge < -0.3 is 18.9 Å². The Bertz CT molecular complexity index is 850. The summed E-state index contributed by atoms with van der Waals surface area (Å²) in [5, 5.41) is 0. The molecule has 0 saturated carbocycles. The molecule has 4 atom stereocenters. The lowest BCUT2D eigenvalue weighted by Crippen LogP contribution is -2.33. The molecule has 0 bridgehead atoms. The Labute approximate surface area is 172 Å². The van der Waals surface area contributed by atoms with E-state index in [-0.39, 0.29) is 5.41 Å². The molecular weight excluding hydrogens is 364 g/mol. The van der Waals surface area contributed by atoms with E-state index in [1.54, 1.807) is 0 Å². The van der Waals surface area contributed by atoms with Crippen molar-refractivity contribution in [3.8, 4) is 0 Å². The molecule has 4 heterocycles. The van der Waals surface area contributed by atoms with Crippen molar-refractivity contribution in [1.82, 2.24) is 0 Å². The minimum absolute atomic E-state index is 0.0891.